The van der Waals surface area contributed by atoms with Crippen molar-refractivity contribution in [2.75, 3.05) is 11.5 Å². The summed E-state index contributed by atoms with van der Waals surface area (Å²) in [6, 6.07) is 30.1. The lowest BCUT2D eigenvalue weighted by Gasteiger charge is -2.09. The molecule has 6 rings (SSSR count). The molecule has 0 unspecified atom stereocenters. The van der Waals surface area contributed by atoms with Crippen molar-refractivity contribution < 1.29 is 18.3 Å². The summed E-state index contributed by atoms with van der Waals surface area (Å²) >= 11 is 0. The molecule has 0 aliphatic heterocycles. The number of nitrogen functional groups attached to an aromatic ring is 2. The van der Waals surface area contributed by atoms with Crippen molar-refractivity contribution in [2.45, 2.75) is 0 Å². The van der Waals surface area contributed by atoms with Crippen LogP contribution in [0, 0.1) is 11.6 Å². The molecule has 2 heterocycles. The van der Waals surface area contributed by atoms with E-state index in [-0.39, 0.29) is 23.7 Å². The number of anilines is 2. The largest absolute Gasteiger partial charge is 0.436 e. The average molecular weight is 565 g/mol. The fourth-order valence-corrected chi connectivity index (χ4v) is 3.65. The Kier molecular flexibility index (Phi) is 8.44. The Hall–Kier alpha value is -6.04. The van der Waals surface area contributed by atoms with E-state index in [0.29, 0.717) is 22.9 Å². The van der Waals surface area contributed by atoms with Gasteiger partial charge in [0.2, 0.25) is 11.9 Å². The fourth-order valence-electron chi connectivity index (χ4n) is 3.65. The first kappa shape index (κ1) is 27.5. The maximum absolute atomic E-state index is 13.2. The van der Waals surface area contributed by atoms with E-state index in [4.69, 9.17) is 20.9 Å². The fraction of sp³-hybridized carbons (Fsp3) is 0. The van der Waals surface area contributed by atoms with Crippen LogP contribution in [0.4, 0.5) is 20.7 Å². The minimum atomic E-state index is -0.398. The highest BCUT2D eigenvalue weighted by Gasteiger charge is 2.14. The van der Waals surface area contributed by atoms with Gasteiger partial charge in [-0.15, -0.1) is 20.4 Å². The zero-order valence-electron chi connectivity index (χ0n) is 21.8. The molecule has 0 saturated heterocycles. The second-order valence-electron chi connectivity index (χ2n) is 8.50. The third kappa shape index (κ3) is 7.12. The SMILES string of the molecule is Nc1nnc(Oc2cccc(F)c2)c(-c2ccccc2)n1.Nc1nnc(Oc2cccc(F)c2)c(-c2ccccc2)n1. The number of aromatic nitrogens is 6. The van der Waals surface area contributed by atoms with Gasteiger partial charge in [-0.05, 0) is 24.3 Å². The summed E-state index contributed by atoms with van der Waals surface area (Å²) in [5.74, 6) is 0.249. The van der Waals surface area contributed by atoms with Gasteiger partial charge in [-0.3, -0.25) is 0 Å². The molecular weight excluding hydrogens is 542 g/mol. The van der Waals surface area contributed by atoms with E-state index in [2.05, 4.69) is 30.4 Å². The van der Waals surface area contributed by atoms with E-state index in [9.17, 15) is 8.78 Å². The number of nitrogens with two attached hydrogens (primary N) is 2. The molecule has 4 aromatic carbocycles. The molecule has 12 heteroatoms. The summed E-state index contributed by atoms with van der Waals surface area (Å²) in [6.45, 7) is 0. The highest BCUT2D eigenvalue weighted by atomic mass is 19.1. The van der Waals surface area contributed by atoms with Crippen LogP contribution in [0.3, 0.4) is 0 Å². The van der Waals surface area contributed by atoms with Crippen LogP contribution in [0.1, 0.15) is 0 Å². The summed E-state index contributed by atoms with van der Waals surface area (Å²) in [5.41, 5.74) is 13.6. The van der Waals surface area contributed by atoms with E-state index < -0.39 is 11.6 Å². The number of ether oxygens (including phenoxy) is 2. The molecule has 0 saturated carbocycles. The second-order valence-corrected chi connectivity index (χ2v) is 8.50. The van der Waals surface area contributed by atoms with E-state index >= 15 is 0 Å². The van der Waals surface area contributed by atoms with Gasteiger partial charge in [-0.25, -0.2) is 18.7 Å². The van der Waals surface area contributed by atoms with Crippen LogP contribution in [0.2, 0.25) is 0 Å². The predicted octanol–water partition coefficient (Wildman–Crippen LogP) is 6.10. The maximum atomic E-state index is 13.2. The first-order valence-corrected chi connectivity index (χ1v) is 12.4. The molecule has 0 aliphatic carbocycles. The molecule has 0 atom stereocenters. The van der Waals surface area contributed by atoms with E-state index in [1.165, 1.54) is 24.3 Å². The van der Waals surface area contributed by atoms with Gasteiger partial charge in [0.15, 0.2) is 0 Å². The molecule has 0 spiro atoms. The number of benzene rings is 4. The van der Waals surface area contributed by atoms with Gasteiger partial charge < -0.3 is 20.9 Å². The van der Waals surface area contributed by atoms with Gasteiger partial charge in [0, 0.05) is 23.3 Å². The maximum Gasteiger partial charge on any atom is 0.265 e. The zero-order chi connectivity index (χ0) is 29.3. The minimum Gasteiger partial charge on any atom is -0.436 e. The Labute approximate surface area is 238 Å². The van der Waals surface area contributed by atoms with E-state index in [1.54, 1.807) is 24.3 Å². The Morgan fingerprint density at radius 2 is 0.881 bits per heavy atom. The molecule has 0 aliphatic rings. The molecule has 0 amide bonds. The average Bonchev–Trinajstić information content (AvgIpc) is 3.00. The highest BCUT2D eigenvalue weighted by Crippen LogP contribution is 2.31. The monoisotopic (exact) mass is 564 g/mol. The molecule has 0 fully saturated rings. The summed E-state index contributed by atoms with van der Waals surface area (Å²) in [7, 11) is 0. The summed E-state index contributed by atoms with van der Waals surface area (Å²) in [5, 5.41) is 15.2. The first-order chi connectivity index (χ1) is 20.4. The van der Waals surface area contributed by atoms with Gasteiger partial charge >= 0.3 is 0 Å². The van der Waals surface area contributed by atoms with Crippen LogP contribution < -0.4 is 20.9 Å². The van der Waals surface area contributed by atoms with Crippen molar-refractivity contribution in [1.82, 2.24) is 30.4 Å². The van der Waals surface area contributed by atoms with Gasteiger partial charge in [0.25, 0.3) is 11.8 Å². The topological polar surface area (TPSA) is 148 Å². The highest BCUT2D eigenvalue weighted by molar-refractivity contribution is 5.66. The number of hydrogen-bond donors (Lipinski definition) is 2. The lowest BCUT2D eigenvalue weighted by atomic mass is 10.1. The van der Waals surface area contributed by atoms with Crippen molar-refractivity contribution in [1.29, 1.82) is 0 Å². The molecule has 10 nitrogen and oxygen atoms in total. The molecule has 0 bridgehead atoms. The van der Waals surface area contributed by atoms with Crippen molar-refractivity contribution in [3.05, 3.63) is 121 Å². The lowest BCUT2D eigenvalue weighted by molar-refractivity contribution is 0.450. The smallest absolute Gasteiger partial charge is 0.265 e. The normalized spacial score (nSPS) is 10.3. The van der Waals surface area contributed by atoms with Crippen LogP contribution in [0.25, 0.3) is 22.5 Å². The minimum absolute atomic E-state index is 0.0421. The summed E-state index contributed by atoms with van der Waals surface area (Å²) < 4.78 is 37.5. The van der Waals surface area contributed by atoms with Gasteiger partial charge in [-0.2, -0.15) is 0 Å². The van der Waals surface area contributed by atoms with Gasteiger partial charge in [0.05, 0.1) is 0 Å². The van der Waals surface area contributed by atoms with Crippen LogP contribution in [-0.2, 0) is 0 Å². The molecule has 6 aromatic rings. The van der Waals surface area contributed by atoms with Crippen molar-refractivity contribution in [3.8, 4) is 45.8 Å². The zero-order valence-corrected chi connectivity index (χ0v) is 21.8. The van der Waals surface area contributed by atoms with Gasteiger partial charge in [-0.1, -0.05) is 72.8 Å². The second kappa shape index (κ2) is 12.9. The lowest BCUT2D eigenvalue weighted by Crippen LogP contribution is -2.02. The Morgan fingerprint density at radius 3 is 1.26 bits per heavy atom. The number of halogens is 2. The third-order valence-corrected chi connectivity index (χ3v) is 5.46. The van der Waals surface area contributed by atoms with Crippen LogP contribution >= 0.6 is 0 Å². The Balaban J connectivity index is 0.000000168. The predicted molar refractivity (Wildman–Crippen MR) is 152 cm³/mol. The standard InChI is InChI=1S/2C15H11FN4O/c2*16-11-7-4-8-12(9-11)21-14-13(18-15(17)20-19-14)10-5-2-1-3-6-10/h2*1-9H,(H2,17,18,20). The summed E-state index contributed by atoms with van der Waals surface area (Å²) in [4.78, 5) is 8.29. The molecule has 0 radical (unpaired) electrons. The van der Waals surface area contributed by atoms with Gasteiger partial charge in [0.1, 0.15) is 34.5 Å². The van der Waals surface area contributed by atoms with Crippen LogP contribution in [0.5, 0.6) is 23.3 Å². The van der Waals surface area contributed by atoms with Crippen molar-refractivity contribution >= 4 is 11.9 Å². The van der Waals surface area contributed by atoms with Crippen LogP contribution in [-0.4, -0.2) is 30.4 Å². The van der Waals surface area contributed by atoms with E-state index in [0.717, 1.165) is 11.1 Å². The number of nitrogens with zero attached hydrogens (tertiary/aromatic N) is 6. The third-order valence-electron chi connectivity index (χ3n) is 5.46. The molecule has 208 valence electrons. The number of rotatable bonds is 6. The Bertz CT molecular complexity index is 1660. The Morgan fingerprint density at radius 1 is 0.476 bits per heavy atom. The molecule has 42 heavy (non-hydrogen) atoms. The van der Waals surface area contributed by atoms with Crippen molar-refractivity contribution in [3.63, 3.8) is 0 Å². The number of hydrogen-bond acceptors (Lipinski definition) is 10. The molecular formula is C30H22F2N8O2. The molecule has 4 N–H and O–H groups in total. The van der Waals surface area contributed by atoms with Crippen molar-refractivity contribution in [2.24, 2.45) is 0 Å². The van der Waals surface area contributed by atoms with E-state index in [1.807, 2.05) is 60.7 Å². The quantitative estimate of drug-likeness (QED) is 0.243. The molecule has 2 aromatic heterocycles. The summed E-state index contributed by atoms with van der Waals surface area (Å²) in [6.07, 6.45) is 0. The first-order valence-electron chi connectivity index (χ1n) is 12.4. The van der Waals surface area contributed by atoms with Crippen LogP contribution in [0.15, 0.2) is 109 Å².